The number of hydrogen-bond acceptors (Lipinski definition) is 7. The van der Waals surface area contributed by atoms with Gasteiger partial charge in [0.15, 0.2) is 10.9 Å². The number of Topliss-reactive ketones (excluding diaryl/α,β-unsaturated/α-hetero) is 1. The third kappa shape index (κ3) is 4.54. The van der Waals surface area contributed by atoms with Gasteiger partial charge in [0.25, 0.3) is 0 Å². The fraction of sp³-hybridized carbons (Fsp3) is 0.350. The van der Waals surface area contributed by atoms with E-state index in [-0.39, 0.29) is 23.5 Å². The van der Waals surface area contributed by atoms with Gasteiger partial charge in [0.05, 0.1) is 10.6 Å². The van der Waals surface area contributed by atoms with Crippen LogP contribution in [0.5, 0.6) is 0 Å². The van der Waals surface area contributed by atoms with Crippen molar-refractivity contribution in [1.29, 1.82) is 0 Å². The number of anilines is 1. The Morgan fingerprint density at radius 2 is 2.00 bits per heavy atom. The predicted octanol–water partition coefficient (Wildman–Crippen LogP) is 4.57. The third-order valence-corrected chi connectivity index (χ3v) is 5.91. The lowest BCUT2D eigenvalue weighted by Gasteiger charge is -2.26. The number of carbonyl (C=O) groups is 2. The van der Waals surface area contributed by atoms with Gasteiger partial charge in [0, 0.05) is 29.8 Å². The molecule has 3 aromatic rings. The highest BCUT2D eigenvalue weighted by Crippen LogP contribution is 2.38. The second kappa shape index (κ2) is 7.68. The van der Waals surface area contributed by atoms with Crippen LogP contribution in [0.2, 0.25) is 5.02 Å². The normalized spacial score (nSPS) is 15.2. The molecular weight excluding hydrogens is 412 g/mol. The maximum atomic E-state index is 12.3. The Kier molecular flexibility index (Phi) is 5.23. The zero-order chi connectivity index (χ0) is 20.6. The van der Waals surface area contributed by atoms with Crippen molar-refractivity contribution in [2.45, 2.75) is 39.5 Å². The zero-order valence-electron chi connectivity index (χ0n) is 16.0. The number of rotatable bonds is 5. The first-order valence-electron chi connectivity index (χ1n) is 9.20. The molecule has 150 valence electrons. The van der Waals surface area contributed by atoms with Crippen molar-refractivity contribution in [3.05, 3.63) is 45.7 Å². The average Bonchev–Trinajstić information content (AvgIpc) is 3.26. The molecular formula is C20H19ClN4O3S. The van der Waals surface area contributed by atoms with Crippen molar-refractivity contribution in [2.75, 3.05) is 5.32 Å². The molecule has 0 saturated carbocycles. The Labute approximate surface area is 176 Å². The van der Waals surface area contributed by atoms with Gasteiger partial charge in [-0.2, -0.15) is 0 Å². The van der Waals surface area contributed by atoms with E-state index in [1.165, 1.54) is 11.3 Å². The van der Waals surface area contributed by atoms with Crippen LogP contribution in [0.3, 0.4) is 0 Å². The number of aromatic nitrogens is 3. The number of fused-ring (bicyclic) bond motifs is 1. The number of nitrogens with one attached hydrogen (secondary N) is 1. The molecule has 0 radical (unpaired) electrons. The number of ketones is 1. The van der Waals surface area contributed by atoms with E-state index in [0.29, 0.717) is 39.7 Å². The number of aryl methyl sites for hydroxylation is 1. The van der Waals surface area contributed by atoms with Crippen LogP contribution in [0.1, 0.15) is 47.9 Å². The van der Waals surface area contributed by atoms with Crippen LogP contribution in [0.25, 0.3) is 11.5 Å². The van der Waals surface area contributed by atoms with E-state index in [1.807, 2.05) is 13.8 Å². The van der Waals surface area contributed by atoms with Crippen LogP contribution in [0, 0.1) is 5.41 Å². The number of benzene rings is 1. The Bertz CT molecular complexity index is 1070. The van der Waals surface area contributed by atoms with Crippen molar-refractivity contribution in [1.82, 2.24) is 15.2 Å². The van der Waals surface area contributed by atoms with Crippen molar-refractivity contribution in [2.24, 2.45) is 5.41 Å². The molecule has 1 aliphatic rings. The molecule has 7 nitrogen and oxygen atoms in total. The topological polar surface area (TPSA) is 98.0 Å². The first-order valence-corrected chi connectivity index (χ1v) is 10.4. The second-order valence-corrected chi connectivity index (χ2v) is 9.23. The molecule has 0 aliphatic heterocycles. The van der Waals surface area contributed by atoms with Gasteiger partial charge in [-0.25, -0.2) is 4.98 Å². The summed E-state index contributed by atoms with van der Waals surface area (Å²) in [5.41, 5.74) is 1.44. The molecule has 1 aliphatic carbocycles. The summed E-state index contributed by atoms with van der Waals surface area (Å²) in [6.45, 7) is 4.10. The van der Waals surface area contributed by atoms with Gasteiger partial charge >= 0.3 is 0 Å². The standard InChI is InChI=1S/C20H19ClN4O3S/c1-20(2)9-13-17(14(26)10-20)29-19(22-13)23-15(27)7-8-16-24-25-18(28-16)11-3-5-12(21)6-4-11/h3-6H,7-10H2,1-2H3,(H,22,23,27). The van der Waals surface area contributed by atoms with Crippen LogP contribution in [0.15, 0.2) is 28.7 Å². The van der Waals surface area contributed by atoms with E-state index < -0.39 is 0 Å². The summed E-state index contributed by atoms with van der Waals surface area (Å²) in [7, 11) is 0. The van der Waals surface area contributed by atoms with Crippen LogP contribution >= 0.6 is 22.9 Å². The molecule has 29 heavy (non-hydrogen) atoms. The second-order valence-electron chi connectivity index (χ2n) is 7.79. The minimum absolute atomic E-state index is 0.0924. The Morgan fingerprint density at radius 3 is 2.76 bits per heavy atom. The van der Waals surface area contributed by atoms with Gasteiger partial charge in [-0.1, -0.05) is 36.8 Å². The summed E-state index contributed by atoms with van der Waals surface area (Å²) in [5, 5.41) is 11.8. The molecule has 2 heterocycles. The SMILES string of the molecule is CC1(C)CC(=O)c2sc(NC(=O)CCc3nnc(-c4ccc(Cl)cc4)o3)nc2C1. The van der Waals surface area contributed by atoms with Gasteiger partial charge in [0.1, 0.15) is 0 Å². The molecule has 9 heteroatoms. The highest BCUT2D eigenvalue weighted by Gasteiger charge is 2.34. The fourth-order valence-corrected chi connectivity index (χ4v) is 4.30. The van der Waals surface area contributed by atoms with Gasteiger partial charge < -0.3 is 9.73 Å². The molecule has 0 bridgehead atoms. The summed E-state index contributed by atoms with van der Waals surface area (Å²) in [4.78, 5) is 29.7. The molecule has 4 rings (SSSR count). The van der Waals surface area contributed by atoms with E-state index in [0.717, 1.165) is 17.7 Å². The summed E-state index contributed by atoms with van der Waals surface area (Å²) < 4.78 is 5.61. The maximum absolute atomic E-state index is 12.3. The van der Waals surface area contributed by atoms with Crippen LogP contribution < -0.4 is 5.32 Å². The largest absolute Gasteiger partial charge is 0.421 e. The van der Waals surface area contributed by atoms with Crippen molar-refractivity contribution in [3.63, 3.8) is 0 Å². The van der Waals surface area contributed by atoms with E-state index >= 15 is 0 Å². The lowest BCUT2D eigenvalue weighted by molar-refractivity contribution is -0.116. The predicted molar refractivity (Wildman–Crippen MR) is 110 cm³/mol. The van der Waals surface area contributed by atoms with Gasteiger partial charge in [0.2, 0.25) is 17.7 Å². The number of nitrogens with zero attached hydrogens (tertiary/aromatic N) is 3. The highest BCUT2D eigenvalue weighted by molar-refractivity contribution is 7.17. The van der Waals surface area contributed by atoms with Crippen molar-refractivity contribution in [3.8, 4) is 11.5 Å². The first-order chi connectivity index (χ1) is 13.8. The minimum Gasteiger partial charge on any atom is -0.421 e. The van der Waals surface area contributed by atoms with Crippen LogP contribution in [-0.2, 0) is 17.6 Å². The third-order valence-electron chi connectivity index (χ3n) is 4.61. The minimum atomic E-state index is -0.214. The molecule has 1 N–H and O–H groups in total. The molecule has 1 amide bonds. The monoisotopic (exact) mass is 430 g/mol. The summed E-state index contributed by atoms with van der Waals surface area (Å²) >= 11 is 7.12. The number of halogens is 1. The zero-order valence-corrected chi connectivity index (χ0v) is 17.6. The van der Waals surface area contributed by atoms with E-state index in [9.17, 15) is 9.59 Å². The molecule has 0 atom stereocenters. The van der Waals surface area contributed by atoms with Crippen molar-refractivity contribution < 1.29 is 14.0 Å². The molecule has 0 spiro atoms. The van der Waals surface area contributed by atoms with E-state index in [1.54, 1.807) is 24.3 Å². The summed E-state index contributed by atoms with van der Waals surface area (Å²) in [6, 6.07) is 7.07. The number of hydrogen-bond donors (Lipinski definition) is 1. The first kappa shape index (κ1) is 19.7. The number of amides is 1. The summed E-state index contributed by atoms with van der Waals surface area (Å²) in [6.07, 6.45) is 1.72. The average molecular weight is 431 g/mol. The Morgan fingerprint density at radius 1 is 1.24 bits per heavy atom. The van der Waals surface area contributed by atoms with Gasteiger partial charge in [-0.05, 0) is 36.1 Å². The lowest BCUT2D eigenvalue weighted by atomic mass is 9.78. The van der Waals surface area contributed by atoms with Crippen molar-refractivity contribution >= 4 is 39.8 Å². The quantitative estimate of drug-likeness (QED) is 0.636. The van der Waals surface area contributed by atoms with Crippen LogP contribution in [0.4, 0.5) is 5.13 Å². The maximum Gasteiger partial charge on any atom is 0.247 e. The highest BCUT2D eigenvalue weighted by atomic mass is 35.5. The Balaban J connectivity index is 1.35. The molecule has 2 aromatic heterocycles. The fourth-order valence-electron chi connectivity index (χ4n) is 3.24. The van der Waals surface area contributed by atoms with E-state index in [4.69, 9.17) is 16.0 Å². The number of carbonyl (C=O) groups excluding carboxylic acids is 2. The lowest BCUT2D eigenvalue weighted by Crippen LogP contribution is -2.26. The number of thiazole rings is 1. The van der Waals surface area contributed by atoms with Gasteiger partial charge in [-0.15, -0.1) is 10.2 Å². The molecule has 0 fully saturated rings. The molecule has 0 saturated heterocycles. The Hall–Kier alpha value is -2.58. The van der Waals surface area contributed by atoms with Crippen LogP contribution in [-0.4, -0.2) is 26.9 Å². The molecule has 0 unspecified atom stereocenters. The van der Waals surface area contributed by atoms with Gasteiger partial charge in [-0.3, -0.25) is 9.59 Å². The summed E-state index contributed by atoms with van der Waals surface area (Å²) in [5.74, 6) is 0.634. The van der Waals surface area contributed by atoms with E-state index in [2.05, 4.69) is 20.5 Å². The smallest absolute Gasteiger partial charge is 0.247 e. The molecule has 1 aromatic carbocycles.